The fourth-order valence-corrected chi connectivity index (χ4v) is 1.53. The third-order valence-corrected chi connectivity index (χ3v) is 2.62. The minimum Gasteiger partial charge on any atom is -0.491 e. The monoisotopic (exact) mass is 297 g/mol. The van der Waals surface area contributed by atoms with Crippen molar-refractivity contribution in [2.24, 2.45) is 0 Å². The van der Waals surface area contributed by atoms with Gasteiger partial charge >= 0.3 is 5.97 Å². The Morgan fingerprint density at radius 2 is 1.95 bits per heavy atom. The van der Waals surface area contributed by atoms with Crippen molar-refractivity contribution < 1.29 is 24.5 Å². The summed E-state index contributed by atoms with van der Waals surface area (Å²) < 4.78 is 10.2. The van der Waals surface area contributed by atoms with Crippen LogP contribution in [-0.4, -0.2) is 54.7 Å². The van der Waals surface area contributed by atoms with Crippen molar-refractivity contribution >= 4 is 5.97 Å². The van der Waals surface area contributed by atoms with Gasteiger partial charge in [-0.3, -0.25) is 0 Å². The topological polar surface area (TPSA) is 88.0 Å². The Kier molecular flexibility index (Phi) is 7.74. The van der Waals surface area contributed by atoms with Crippen LogP contribution in [0.5, 0.6) is 5.75 Å². The van der Waals surface area contributed by atoms with E-state index in [2.05, 4.69) is 5.32 Å². The summed E-state index contributed by atoms with van der Waals surface area (Å²) in [6.45, 7) is 4.42. The molecule has 0 fully saturated rings. The number of esters is 1. The zero-order valence-corrected chi connectivity index (χ0v) is 12.4. The smallest absolute Gasteiger partial charge is 0.338 e. The van der Waals surface area contributed by atoms with Gasteiger partial charge in [-0.05, 0) is 24.3 Å². The Morgan fingerprint density at radius 1 is 1.29 bits per heavy atom. The number of hydrogen-bond donors (Lipinski definition) is 3. The second-order valence-electron chi connectivity index (χ2n) is 4.91. The van der Waals surface area contributed by atoms with Crippen molar-refractivity contribution in [1.82, 2.24) is 5.32 Å². The number of benzene rings is 1. The predicted molar refractivity (Wildman–Crippen MR) is 78.5 cm³/mol. The SMILES string of the molecule is CC(C)NCC(O)COc1ccc(C(=O)OCCO)cc1. The Labute approximate surface area is 124 Å². The molecule has 0 radical (unpaired) electrons. The summed E-state index contributed by atoms with van der Waals surface area (Å²) in [4.78, 5) is 11.5. The number of carbonyl (C=O) groups excluding carboxylic acids is 1. The first-order chi connectivity index (χ1) is 10.0. The van der Waals surface area contributed by atoms with Gasteiger partial charge in [0, 0.05) is 12.6 Å². The average Bonchev–Trinajstić information content (AvgIpc) is 2.49. The van der Waals surface area contributed by atoms with Gasteiger partial charge in [-0.1, -0.05) is 13.8 Å². The molecule has 1 rings (SSSR count). The molecule has 0 aliphatic carbocycles. The first-order valence-electron chi connectivity index (χ1n) is 6.95. The van der Waals surface area contributed by atoms with E-state index in [0.29, 0.717) is 23.9 Å². The summed E-state index contributed by atoms with van der Waals surface area (Å²) in [5, 5.41) is 21.4. The first-order valence-corrected chi connectivity index (χ1v) is 6.95. The van der Waals surface area contributed by atoms with Crippen molar-refractivity contribution in [2.45, 2.75) is 26.0 Å². The quantitative estimate of drug-likeness (QED) is 0.578. The number of rotatable bonds is 9. The largest absolute Gasteiger partial charge is 0.491 e. The summed E-state index contributed by atoms with van der Waals surface area (Å²) in [6, 6.07) is 6.74. The number of aliphatic hydroxyl groups is 2. The highest BCUT2D eigenvalue weighted by Gasteiger charge is 2.08. The Morgan fingerprint density at radius 3 is 2.52 bits per heavy atom. The molecule has 1 aromatic carbocycles. The lowest BCUT2D eigenvalue weighted by molar-refractivity contribution is 0.0433. The fourth-order valence-electron chi connectivity index (χ4n) is 1.53. The lowest BCUT2D eigenvalue weighted by Crippen LogP contribution is -2.35. The van der Waals surface area contributed by atoms with Crippen molar-refractivity contribution in [3.8, 4) is 5.75 Å². The highest BCUT2D eigenvalue weighted by molar-refractivity contribution is 5.89. The van der Waals surface area contributed by atoms with Gasteiger partial charge in [0.2, 0.25) is 0 Å². The van der Waals surface area contributed by atoms with Crippen molar-refractivity contribution in [2.75, 3.05) is 26.4 Å². The maximum Gasteiger partial charge on any atom is 0.338 e. The van der Waals surface area contributed by atoms with Crippen LogP contribution in [0.2, 0.25) is 0 Å². The third-order valence-electron chi connectivity index (χ3n) is 2.62. The van der Waals surface area contributed by atoms with E-state index in [4.69, 9.17) is 14.6 Å². The highest BCUT2D eigenvalue weighted by Crippen LogP contribution is 2.13. The lowest BCUT2D eigenvalue weighted by atomic mass is 10.2. The number of carbonyl (C=O) groups is 1. The molecular formula is C15H23NO5. The molecule has 0 aliphatic heterocycles. The number of hydrogen-bond acceptors (Lipinski definition) is 6. The first kappa shape index (κ1) is 17.4. The van der Waals surface area contributed by atoms with Gasteiger partial charge in [-0.15, -0.1) is 0 Å². The number of aliphatic hydroxyl groups excluding tert-OH is 2. The zero-order valence-electron chi connectivity index (χ0n) is 12.4. The van der Waals surface area contributed by atoms with Crippen molar-refractivity contribution in [3.63, 3.8) is 0 Å². The molecule has 1 atom stereocenters. The maximum atomic E-state index is 11.5. The second-order valence-corrected chi connectivity index (χ2v) is 4.91. The van der Waals surface area contributed by atoms with E-state index >= 15 is 0 Å². The fraction of sp³-hybridized carbons (Fsp3) is 0.533. The van der Waals surface area contributed by atoms with E-state index in [1.54, 1.807) is 24.3 Å². The third kappa shape index (κ3) is 7.08. The molecule has 0 heterocycles. The average molecular weight is 297 g/mol. The van der Waals surface area contributed by atoms with E-state index in [9.17, 15) is 9.90 Å². The summed E-state index contributed by atoms with van der Waals surface area (Å²) in [5.41, 5.74) is 0.387. The van der Waals surface area contributed by atoms with Crippen LogP contribution in [0.25, 0.3) is 0 Å². The van der Waals surface area contributed by atoms with Crippen LogP contribution in [0.1, 0.15) is 24.2 Å². The molecule has 0 amide bonds. The van der Waals surface area contributed by atoms with Crippen molar-refractivity contribution in [1.29, 1.82) is 0 Å². The van der Waals surface area contributed by atoms with Crippen LogP contribution >= 0.6 is 0 Å². The molecule has 3 N–H and O–H groups in total. The molecule has 1 aromatic rings. The molecular weight excluding hydrogens is 274 g/mol. The molecule has 0 aromatic heterocycles. The van der Waals surface area contributed by atoms with Gasteiger partial charge in [0.05, 0.1) is 12.2 Å². The summed E-state index contributed by atoms with van der Waals surface area (Å²) in [7, 11) is 0. The normalized spacial score (nSPS) is 12.2. The molecule has 118 valence electrons. The molecule has 21 heavy (non-hydrogen) atoms. The van der Waals surface area contributed by atoms with E-state index in [-0.39, 0.29) is 19.8 Å². The Balaban J connectivity index is 2.38. The minimum atomic E-state index is -0.596. The van der Waals surface area contributed by atoms with Gasteiger partial charge in [0.1, 0.15) is 25.1 Å². The van der Waals surface area contributed by atoms with Gasteiger partial charge in [0.15, 0.2) is 0 Å². The molecule has 6 heteroatoms. The van der Waals surface area contributed by atoms with Crippen LogP contribution in [0.15, 0.2) is 24.3 Å². The molecule has 6 nitrogen and oxygen atoms in total. The van der Waals surface area contributed by atoms with Crippen LogP contribution < -0.4 is 10.1 Å². The molecule has 1 unspecified atom stereocenters. The van der Waals surface area contributed by atoms with Gasteiger partial charge < -0.3 is 25.0 Å². The van der Waals surface area contributed by atoms with Gasteiger partial charge in [0.25, 0.3) is 0 Å². The molecule has 0 saturated carbocycles. The second kappa shape index (κ2) is 9.33. The van der Waals surface area contributed by atoms with Crippen LogP contribution in [0, 0.1) is 0 Å². The lowest BCUT2D eigenvalue weighted by Gasteiger charge is -2.15. The highest BCUT2D eigenvalue weighted by atomic mass is 16.5. The van der Waals surface area contributed by atoms with Crippen molar-refractivity contribution in [3.05, 3.63) is 29.8 Å². The van der Waals surface area contributed by atoms with E-state index in [1.165, 1.54) is 0 Å². The van der Waals surface area contributed by atoms with E-state index in [0.717, 1.165) is 0 Å². The number of ether oxygens (including phenoxy) is 2. The van der Waals surface area contributed by atoms with Gasteiger partial charge in [-0.2, -0.15) is 0 Å². The Bertz CT molecular complexity index is 419. The minimum absolute atomic E-state index is 0.0217. The predicted octanol–water partition coefficient (Wildman–Crippen LogP) is 0.573. The standard InChI is InChI=1S/C15H23NO5/c1-11(2)16-9-13(18)10-21-14-5-3-12(4-6-14)15(19)20-8-7-17/h3-6,11,13,16-18H,7-10H2,1-2H3. The summed E-state index contributed by atoms with van der Waals surface area (Å²) in [5.74, 6) is 0.0778. The maximum absolute atomic E-state index is 11.5. The van der Waals surface area contributed by atoms with Crippen LogP contribution in [0.3, 0.4) is 0 Å². The van der Waals surface area contributed by atoms with E-state index in [1.807, 2.05) is 13.8 Å². The van der Waals surface area contributed by atoms with Crippen LogP contribution in [-0.2, 0) is 4.74 Å². The zero-order chi connectivity index (χ0) is 15.7. The molecule has 0 bridgehead atoms. The summed E-state index contributed by atoms with van der Waals surface area (Å²) in [6.07, 6.45) is -0.596. The Hall–Kier alpha value is -1.63. The molecule has 0 spiro atoms. The number of nitrogens with one attached hydrogen (secondary N) is 1. The summed E-state index contributed by atoms with van der Waals surface area (Å²) >= 11 is 0. The molecule has 0 aliphatic rings. The van der Waals surface area contributed by atoms with E-state index < -0.39 is 12.1 Å². The van der Waals surface area contributed by atoms with Gasteiger partial charge in [-0.25, -0.2) is 4.79 Å². The molecule has 0 saturated heterocycles. The van der Waals surface area contributed by atoms with Crippen LogP contribution in [0.4, 0.5) is 0 Å².